The van der Waals surface area contributed by atoms with E-state index < -0.39 is 0 Å². The molecule has 0 aromatic rings. The molecule has 0 aliphatic carbocycles. The molecule has 4 N–H and O–H groups in total. The highest BCUT2D eigenvalue weighted by Crippen LogP contribution is 2.13. The highest BCUT2D eigenvalue weighted by molar-refractivity contribution is 5.79. The van der Waals surface area contributed by atoms with Gasteiger partial charge in [0, 0.05) is 12.0 Å². The maximum Gasteiger partial charge on any atom is 0.139 e. The van der Waals surface area contributed by atoms with Gasteiger partial charge >= 0.3 is 0 Å². The van der Waals surface area contributed by atoms with Crippen LogP contribution >= 0.6 is 0 Å². The van der Waals surface area contributed by atoms with Crippen molar-refractivity contribution in [2.75, 3.05) is 6.54 Å². The lowest BCUT2D eigenvalue weighted by atomic mass is 9.95. The minimum Gasteiger partial charge on any atom is -0.409 e. The summed E-state index contributed by atoms with van der Waals surface area (Å²) < 4.78 is 0. The van der Waals surface area contributed by atoms with Gasteiger partial charge in [0.25, 0.3) is 0 Å². The third-order valence-electron chi connectivity index (χ3n) is 3.10. The summed E-state index contributed by atoms with van der Waals surface area (Å²) in [7, 11) is 0. The quantitative estimate of drug-likeness (QED) is 0.191. The molecule has 0 aromatic heterocycles. The zero-order chi connectivity index (χ0) is 11.7. The molecule has 15 heavy (non-hydrogen) atoms. The second-order valence-electron chi connectivity index (χ2n) is 4.24. The topological polar surface area (TPSA) is 70.6 Å². The van der Waals surface area contributed by atoms with Gasteiger partial charge in [0.05, 0.1) is 0 Å². The van der Waals surface area contributed by atoms with E-state index >= 15 is 0 Å². The maximum absolute atomic E-state index is 8.34. The van der Waals surface area contributed by atoms with Gasteiger partial charge in [0.2, 0.25) is 0 Å². The van der Waals surface area contributed by atoms with Crippen LogP contribution in [0.4, 0.5) is 0 Å². The van der Waals surface area contributed by atoms with E-state index in [0.717, 1.165) is 32.2 Å². The van der Waals surface area contributed by atoms with Gasteiger partial charge in [-0.3, -0.25) is 0 Å². The van der Waals surface area contributed by atoms with Gasteiger partial charge in [-0.2, -0.15) is 0 Å². The number of nitrogens with one attached hydrogen (secondary N) is 1. The standard InChI is InChI=1S/C11H25N3O/c1-4-11(3,5-2)13-9-7-6-8-10(12)14-15/h13,15H,4-9H2,1-3H3,(H2,12,14). The minimum absolute atomic E-state index is 0.261. The van der Waals surface area contributed by atoms with Crippen LogP contribution in [0, 0.1) is 0 Å². The summed E-state index contributed by atoms with van der Waals surface area (Å²) in [5.74, 6) is 0.323. The molecule has 0 rings (SSSR count). The van der Waals surface area contributed by atoms with Crippen LogP contribution in [0.2, 0.25) is 0 Å². The van der Waals surface area contributed by atoms with Gasteiger partial charge in [0.1, 0.15) is 5.84 Å². The summed E-state index contributed by atoms with van der Waals surface area (Å²) in [5, 5.41) is 14.8. The molecule has 0 aromatic carbocycles. The third kappa shape index (κ3) is 6.33. The number of nitrogens with zero attached hydrogens (tertiary/aromatic N) is 1. The molecule has 0 unspecified atom stereocenters. The molecule has 0 fully saturated rings. The first-order chi connectivity index (χ1) is 7.08. The van der Waals surface area contributed by atoms with Gasteiger partial charge in [0.15, 0.2) is 0 Å². The van der Waals surface area contributed by atoms with E-state index in [1.807, 2.05) is 0 Å². The Labute approximate surface area is 92.9 Å². The average molecular weight is 215 g/mol. The van der Waals surface area contributed by atoms with Crippen LogP contribution in [0.25, 0.3) is 0 Å². The molecule has 0 saturated carbocycles. The number of hydrogen-bond acceptors (Lipinski definition) is 3. The van der Waals surface area contributed by atoms with Gasteiger partial charge in [-0.25, -0.2) is 0 Å². The number of nitrogens with two attached hydrogens (primary N) is 1. The fourth-order valence-corrected chi connectivity index (χ4v) is 1.37. The van der Waals surface area contributed by atoms with E-state index in [1.165, 1.54) is 0 Å². The first kappa shape index (κ1) is 14.2. The maximum atomic E-state index is 8.34. The predicted octanol–water partition coefficient (Wildman–Crippen LogP) is 2.07. The normalized spacial score (nSPS) is 13.1. The molecule has 4 heteroatoms. The molecular weight excluding hydrogens is 190 g/mol. The van der Waals surface area contributed by atoms with Crippen molar-refractivity contribution in [3.05, 3.63) is 0 Å². The van der Waals surface area contributed by atoms with E-state index in [2.05, 4.69) is 31.2 Å². The van der Waals surface area contributed by atoms with Crippen molar-refractivity contribution < 1.29 is 5.21 Å². The fraction of sp³-hybridized carbons (Fsp3) is 0.909. The van der Waals surface area contributed by atoms with Crippen molar-refractivity contribution in [2.45, 2.75) is 58.4 Å². The van der Waals surface area contributed by atoms with E-state index in [-0.39, 0.29) is 5.54 Å². The molecule has 0 aliphatic heterocycles. The van der Waals surface area contributed by atoms with E-state index in [4.69, 9.17) is 10.9 Å². The Kier molecular flexibility index (Phi) is 7.13. The van der Waals surface area contributed by atoms with Crippen LogP contribution in [0.3, 0.4) is 0 Å². The van der Waals surface area contributed by atoms with Crippen molar-refractivity contribution in [1.29, 1.82) is 0 Å². The van der Waals surface area contributed by atoms with E-state index in [0.29, 0.717) is 12.3 Å². The second-order valence-corrected chi connectivity index (χ2v) is 4.24. The van der Waals surface area contributed by atoms with Crippen molar-refractivity contribution in [2.24, 2.45) is 10.9 Å². The number of oxime groups is 1. The monoisotopic (exact) mass is 215 g/mol. The molecule has 4 nitrogen and oxygen atoms in total. The van der Waals surface area contributed by atoms with Gasteiger partial charge < -0.3 is 16.3 Å². The Bertz CT molecular complexity index is 188. The summed E-state index contributed by atoms with van der Waals surface area (Å²) in [5.41, 5.74) is 5.63. The summed E-state index contributed by atoms with van der Waals surface area (Å²) >= 11 is 0. The van der Waals surface area contributed by atoms with Crippen LogP contribution in [0.5, 0.6) is 0 Å². The van der Waals surface area contributed by atoms with Crippen molar-refractivity contribution in [3.8, 4) is 0 Å². The van der Waals surface area contributed by atoms with Crippen LogP contribution in [0.15, 0.2) is 5.16 Å². The van der Waals surface area contributed by atoms with E-state index in [9.17, 15) is 0 Å². The number of unbranched alkanes of at least 4 members (excludes halogenated alkanes) is 1. The number of hydrogen-bond donors (Lipinski definition) is 3. The highest BCUT2D eigenvalue weighted by Gasteiger charge is 2.17. The Hall–Kier alpha value is -0.770. The summed E-state index contributed by atoms with van der Waals surface area (Å²) in [6, 6.07) is 0. The van der Waals surface area contributed by atoms with Crippen LogP contribution in [0.1, 0.15) is 52.9 Å². The van der Waals surface area contributed by atoms with Crippen molar-refractivity contribution >= 4 is 5.84 Å². The molecular formula is C11H25N3O. The first-order valence-electron chi connectivity index (χ1n) is 5.79. The molecule has 0 aliphatic rings. The number of amidine groups is 1. The summed E-state index contributed by atoms with van der Waals surface area (Å²) in [6.45, 7) is 7.65. The molecule has 0 spiro atoms. The Balaban J connectivity index is 3.54. The van der Waals surface area contributed by atoms with Gasteiger partial charge in [-0.05, 0) is 39.2 Å². The second kappa shape index (κ2) is 7.51. The molecule has 0 amide bonds. The lowest BCUT2D eigenvalue weighted by Gasteiger charge is -2.28. The Morgan fingerprint density at radius 3 is 2.40 bits per heavy atom. The van der Waals surface area contributed by atoms with Gasteiger partial charge in [-0.15, -0.1) is 0 Å². The molecule has 0 radical (unpaired) electrons. The molecule has 90 valence electrons. The number of rotatable bonds is 8. The molecule has 0 atom stereocenters. The summed E-state index contributed by atoms with van der Waals surface area (Å²) in [4.78, 5) is 0. The van der Waals surface area contributed by atoms with E-state index in [1.54, 1.807) is 0 Å². The summed E-state index contributed by atoms with van der Waals surface area (Å²) in [6.07, 6.45) is 4.98. The van der Waals surface area contributed by atoms with Crippen molar-refractivity contribution in [1.82, 2.24) is 5.32 Å². The molecule has 0 saturated heterocycles. The Morgan fingerprint density at radius 2 is 1.93 bits per heavy atom. The third-order valence-corrected chi connectivity index (χ3v) is 3.10. The van der Waals surface area contributed by atoms with Crippen LogP contribution in [-0.2, 0) is 0 Å². The first-order valence-corrected chi connectivity index (χ1v) is 5.79. The Morgan fingerprint density at radius 1 is 1.33 bits per heavy atom. The van der Waals surface area contributed by atoms with Crippen LogP contribution in [-0.4, -0.2) is 23.1 Å². The van der Waals surface area contributed by atoms with Crippen LogP contribution < -0.4 is 11.1 Å². The molecule has 0 bridgehead atoms. The average Bonchev–Trinajstić information content (AvgIpc) is 2.27. The van der Waals surface area contributed by atoms with Crippen molar-refractivity contribution in [3.63, 3.8) is 0 Å². The molecule has 0 heterocycles. The SMILES string of the molecule is CCC(C)(CC)NCCCCC(N)=NO. The van der Waals surface area contributed by atoms with Gasteiger partial charge in [-0.1, -0.05) is 19.0 Å². The largest absolute Gasteiger partial charge is 0.409 e. The fourth-order valence-electron chi connectivity index (χ4n) is 1.37. The lowest BCUT2D eigenvalue weighted by molar-refractivity contribution is 0.315. The zero-order valence-corrected chi connectivity index (χ0v) is 10.2. The zero-order valence-electron chi connectivity index (χ0n) is 10.2. The minimum atomic E-state index is 0.261. The predicted molar refractivity (Wildman–Crippen MR) is 64.2 cm³/mol. The lowest BCUT2D eigenvalue weighted by Crippen LogP contribution is -2.41. The highest BCUT2D eigenvalue weighted by atomic mass is 16.4. The smallest absolute Gasteiger partial charge is 0.139 e.